The average Bonchev–Trinajstić information content (AvgIpc) is 3.35. The van der Waals surface area contributed by atoms with Gasteiger partial charge in [0, 0.05) is 26.7 Å². The van der Waals surface area contributed by atoms with Crippen LogP contribution >= 0.6 is 23.1 Å². The number of thioether (sulfide) groups is 1. The first-order valence-electron chi connectivity index (χ1n) is 9.13. The van der Waals surface area contributed by atoms with Crippen molar-refractivity contribution in [2.24, 2.45) is 0 Å². The van der Waals surface area contributed by atoms with Gasteiger partial charge in [-0.3, -0.25) is 4.79 Å². The first kappa shape index (κ1) is 21.8. The Morgan fingerprint density at radius 2 is 2.00 bits per heavy atom. The molecular weight excluding hydrogens is 430 g/mol. The topological polar surface area (TPSA) is 83.7 Å². The molecule has 3 aromatic rings. The van der Waals surface area contributed by atoms with E-state index in [1.54, 1.807) is 43.2 Å². The van der Waals surface area contributed by atoms with Gasteiger partial charge in [0.25, 0.3) is 5.22 Å². The molecule has 3 rings (SSSR count). The molecule has 0 atom stereocenters. The molecule has 0 bridgehead atoms. The molecule has 0 aliphatic heterocycles. The monoisotopic (exact) mass is 453 g/mol. The molecule has 0 N–H and O–H groups in total. The second-order valence-electron chi connectivity index (χ2n) is 6.37. The van der Waals surface area contributed by atoms with Gasteiger partial charge < -0.3 is 9.32 Å². The molecule has 156 valence electrons. The molecule has 0 saturated heterocycles. The predicted octanol–water partition coefficient (Wildman–Crippen LogP) is 3.67. The molecule has 2 heterocycles. The van der Waals surface area contributed by atoms with Gasteiger partial charge in [-0.15, -0.1) is 0 Å². The molecule has 7 nitrogen and oxygen atoms in total. The highest BCUT2D eigenvalue weighted by Gasteiger charge is 2.23. The number of oxazole rings is 1. The van der Waals surface area contributed by atoms with Crippen LogP contribution in [0, 0.1) is 0 Å². The normalized spacial score (nSPS) is 12.0. The summed E-state index contributed by atoms with van der Waals surface area (Å²) in [6.45, 7) is 4.96. The average molecular weight is 454 g/mol. The lowest BCUT2D eigenvalue weighted by atomic mass is 10.3. The SMILES string of the molecule is CCN(CC)S(=O)(=O)c1ccc2oc(SCC(=O)N(C)Cc3ccsc3)nc2c1. The van der Waals surface area contributed by atoms with E-state index in [1.165, 1.54) is 28.2 Å². The van der Waals surface area contributed by atoms with Gasteiger partial charge in [0.2, 0.25) is 15.9 Å². The predicted molar refractivity (Wildman–Crippen MR) is 116 cm³/mol. The number of nitrogens with zero attached hydrogens (tertiary/aromatic N) is 3. The molecule has 0 radical (unpaired) electrons. The van der Waals surface area contributed by atoms with Crippen molar-refractivity contribution in [3.05, 3.63) is 40.6 Å². The van der Waals surface area contributed by atoms with Crippen molar-refractivity contribution in [1.82, 2.24) is 14.2 Å². The van der Waals surface area contributed by atoms with Crippen molar-refractivity contribution < 1.29 is 17.6 Å². The van der Waals surface area contributed by atoms with Gasteiger partial charge in [-0.2, -0.15) is 15.6 Å². The van der Waals surface area contributed by atoms with Gasteiger partial charge in [0.05, 0.1) is 10.6 Å². The van der Waals surface area contributed by atoms with E-state index in [0.29, 0.717) is 36.0 Å². The van der Waals surface area contributed by atoms with E-state index < -0.39 is 10.0 Å². The van der Waals surface area contributed by atoms with Crippen LogP contribution in [0.5, 0.6) is 0 Å². The van der Waals surface area contributed by atoms with E-state index in [-0.39, 0.29) is 16.6 Å². The van der Waals surface area contributed by atoms with E-state index in [9.17, 15) is 13.2 Å². The van der Waals surface area contributed by atoms with Crippen LogP contribution in [0.4, 0.5) is 0 Å². The fourth-order valence-electron chi connectivity index (χ4n) is 2.80. The van der Waals surface area contributed by atoms with E-state index in [1.807, 2.05) is 16.8 Å². The number of rotatable bonds is 9. The van der Waals surface area contributed by atoms with Crippen LogP contribution in [0.2, 0.25) is 0 Å². The third kappa shape index (κ3) is 5.00. The largest absolute Gasteiger partial charge is 0.431 e. The molecule has 29 heavy (non-hydrogen) atoms. The minimum Gasteiger partial charge on any atom is -0.431 e. The molecule has 0 spiro atoms. The second-order valence-corrected chi connectivity index (χ2v) is 10.0. The van der Waals surface area contributed by atoms with Crippen LogP contribution in [0.1, 0.15) is 19.4 Å². The molecule has 2 aromatic heterocycles. The summed E-state index contributed by atoms with van der Waals surface area (Å²) in [4.78, 5) is 18.5. The second kappa shape index (κ2) is 9.29. The number of hydrogen-bond acceptors (Lipinski definition) is 7. The summed E-state index contributed by atoms with van der Waals surface area (Å²) < 4.78 is 32.4. The molecule has 1 amide bonds. The van der Waals surface area contributed by atoms with Gasteiger partial charge >= 0.3 is 0 Å². The quantitative estimate of drug-likeness (QED) is 0.460. The van der Waals surface area contributed by atoms with E-state index in [0.717, 1.165) is 5.56 Å². The number of hydrogen-bond donors (Lipinski definition) is 0. The summed E-state index contributed by atoms with van der Waals surface area (Å²) in [6, 6.07) is 6.63. The van der Waals surface area contributed by atoms with Gasteiger partial charge in [0.1, 0.15) is 5.52 Å². The first-order chi connectivity index (χ1) is 13.8. The Hall–Kier alpha value is -1.88. The highest BCUT2D eigenvalue weighted by Crippen LogP contribution is 2.27. The number of amides is 1. The molecule has 0 fully saturated rings. The van der Waals surface area contributed by atoms with Crippen molar-refractivity contribution in [1.29, 1.82) is 0 Å². The summed E-state index contributed by atoms with van der Waals surface area (Å²) in [5.74, 6) is 0.158. The fourth-order valence-corrected chi connectivity index (χ4v) is 5.72. The molecular formula is C19H23N3O4S3. The zero-order valence-electron chi connectivity index (χ0n) is 16.5. The van der Waals surface area contributed by atoms with Crippen molar-refractivity contribution >= 4 is 50.1 Å². The summed E-state index contributed by atoms with van der Waals surface area (Å²) >= 11 is 2.80. The highest BCUT2D eigenvalue weighted by molar-refractivity contribution is 7.99. The van der Waals surface area contributed by atoms with Crippen LogP contribution in [0.15, 0.2) is 49.6 Å². The lowest BCUT2D eigenvalue weighted by molar-refractivity contribution is -0.127. The third-order valence-electron chi connectivity index (χ3n) is 4.43. The van der Waals surface area contributed by atoms with Crippen molar-refractivity contribution in [2.45, 2.75) is 30.5 Å². The molecule has 1 aromatic carbocycles. The Bertz CT molecular complexity index is 1070. The molecule has 0 unspecified atom stereocenters. The standard InChI is InChI=1S/C19H23N3O4S3/c1-4-22(5-2)29(24,25)15-6-7-17-16(10-15)20-19(26-17)28-13-18(23)21(3)11-14-8-9-27-12-14/h6-10,12H,4-5,11,13H2,1-3H3. The van der Waals surface area contributed by atoms with Gasteiger partial charge in [0.15, 0.2) is 5.58 Å². The van der Waals surface area contributed by atoms with Gasteiger partial charge in [-0.25, -0.2) is 13.4 Å². The maximum Gasteiger partial charge on any atom is 0.257 e. The Kier molecular flexibility index (Phi) is 6.99. The van der Waals surface area contributed by atoms with Crippen LogP contribution in [-0.4, -0.2) is 54.4 Å². The summed E-state index contributed by atoms with van der Waals surface area (Å²) in [7, 11) is -1.80. The number of thiophene rings is 1. The number of benzene rings is 1. The number of aromatic nitrogens is 1. The molecule has 10 heteroatoms. The zero-order chi connectivity index (χ0) is 21.0. The third-order valence-corrected chi connectivity index (χ3v) is 8.02. The number of carbonyl (C=O) groups excluding carboxylic acids is 1. The number of fused-ring (bicyclic) bond motifs is 1. The summed E-state index contributed by atoms with van der Waals surface area (Å²) in [6.07, 6.45) is 0. The smallest absolute Gasteiger partial charge is 0.257 e. The maximum atomic E-state index is 12.7. The van der Waals surface area contributed by atoms with Crippen LogP contribution in [-0.2, 0) is 21.4 Å². The van der Waals surface area contributed by atoms with Crippen molar-refractivity contribution in [2.75, 3.05) is 25.9 Å². The minimum absolute atomic E-state index is 0.0340. The zero-order valence-corrected chi connectivity index (χ0v) is 18.9. The molecule has 0 aliphatic rings. The van der Waals surface area contributed by atoms with E-state index in [4.69, 9.17) is 4.42 Å². The Morgan fingerprint density at radius 1 is 1.24 bits per heavy atom. The number of carbonyl (C=O) groups is 1. The van der Waals surface area contributed by atoms with Crippen LogP contribution in [0.25, 0.3) is 11.1 Å². The van der Waals surface area contributed by atoms with Crippen molar-refractivity contribution in [3.63, 3.8) is 0 Å². The van der Waals surface area contributed by atoms with Gasteiger partial charge in [-0.05, 0) is 40.6 Å². The van der Waals surface area contributed by atoms with E-state index >= 15 is 0 Å². The van der Waals surface area contributed by atoms with Crippen LogP contribution < -0.4 is 0 Å². The maximum absolute atomic E-state index is 12.7. The number of sulfonamides is 1. The Balaban J connectivity index is 1.69. The lowest BCUT2D eigenvalue weighted by Gasteiger charge is -2.18. The Labute approximate surface area is 178 Å². The lowest BCUT2D eigenvalue weighted by Crippen LogP contribution is -2.30. The van der Waals surface area contributed by atoms with Crippen LogP contribution in [0.3, 0.4) is 0 Å². The molecule has 0 aliphatic carbocycles. The van der Waals surface area contributed by atoms with E-state index in [2.05, 4.69) is 4.98 Å². The Morgan fingerprint density at radius 3 is 2.66 bits per heavy atom. The minimum atomic E-state index is -3.56. The van der Waals surface area contributed by atoms with Crippen molar-refractivity contribution in [3.8, 4) is 0 Å². The summed E-state index contributed by atoms with van der Waals surface area (Å²) in [5, 5.41) is 4.34. The highest BCUT2D eigenvalue weighted by atomic mass is 32.2. The van der Waals surface area contributed by atoms with Gasteiger partial charge in [-0.1, -0.05) is 25.6 Å². The molecule has 0 saturated carbocycles. The first-order valence-corrected chi connectivity index (χ1v) is 12.5. The summed E-state index contributed by atoms with van der Waals surface area (Å²) in [5.41, 5.74) is 2.05. The fraction of sp³-hybridized carbons (Fsp3) is 0.368.